The van der Waals surface area contributed by atoms with Crippen LogP contribution in [0.3, 0.4) is 0 Å². The number of para-hydroxylation sites is 1. The van der Waals surface area contributed by atoms with Crippen molar-refractivity contribution in [3.8, 4) is 5.75 Å². The zero-order chi connectivity index (χ0) is 20.5. The summed E-state index contributed by atoms with van der Waals surface area (Å²) in [5.74, 6) is 1.50. The summed E-state index contributed by atoms with van der Waals surface area (Å²) in [5, 5.41) is 6.10. The van der Waals surface area contributed by atoms with Crippen molar-refractivity contribution in [3.05, 3.63) is 60.2 Å². The van der Waals surface area contributed by atoms with Crippen LogP contribution in [0.4, 0.5) is 5.69 Å². The molecule has 1 fully saturated rings. The van der Waals surface area contributed by atoms with Gasteiger partial charge < -0.3 is 25.2 Å². The van der Waals surface area contributed by atoms with Gasteiger partial charge in [0, 0.05) is 45.5 Å². The van der Waals surface area contributed by atoms with Crippen LogP contribution in [0.15, 0.2) is 59.6 Å². The van der Waals surface area contributed by atoms with Gasteiger partial charge in [0.15, 0.2) is 5.96 Å². The van der Waals surface area contributed by atoms with E-state index in [1.54, 1.807) is 14.2 Å². The van der Waals surface area contributed by atoms with Crippen LogP contribution in [0.25, 0.3) is 0 Å². The number of nitrogens with zero attached hydrogens (tertiary/aromatic N) is 3. The number of hydrogen-bond donors (Lipinski definition) is 2. The molecule has 1 aliphatic rings. The Balaban J connectivity index is 1.41. The molecule has 7 heteroatoms. The summed E-state index contributed by atoms with van der Waals surface area (Å²) in [6.45, 7) is 4.26. The molecule has 3 rings (SSSR count). The molecule has 0 unspecified atom stereocenters. The van der Waals surface area contributed by atoms with Crippen LogP contribution in [0.1, 0.15) is 5.56 Å². The van der Waals surface area contributed by atoms with Crippen LogP contribution < -0.4 is 20.3 Å². The normalized spacial score (nSPS) is 14.5. The Kier molecular flexibility index (Phi) is 7.33. The van der Waals surface area contributed by atoms with E-state index in [-0.39, 0.29) is 12.5 Å². The highest BCUT2D eigenvalue weighted by Gasteiger charge is 2.20. The number of carbonyl (C=O) groups is 1. The third-order valence-corrected chi connectivity index (χ3v) is 4.97. The van der Waals surface area contributed by atoms with E-state index in [0.717, 1.165) is 43.5 Å². The molecule has 0 spiro atoms. The monoisotopic (exact) mass is 395 g/mol. The number of piperazine rings is 1. The number of aliphatic imine (C=N–C) groups is 1. The number of nitrogens with one attached hydrogen (secondary N) is 2. The number of methoxy groups -OCH3 is 1. The van der Waals surface area contributed by atoms with Crippen LogP contribution in [0.2, 0.25) is 0 Å². The summed E-state index contributed by atoms with van der Waals surface area (Å²) in [4.78, 5) is 21.1. The first-order chi connectivity index (χ1) is 14.2. The first-order valence-corrected chi connectivity index (χ1v) is 9.85. The van der Waals surface area contributed by atoms with E-state index in [9.17, 15) is 4.79 Å². The van der Waals surface area contributed by atoms with Gasteiger partial charge in [-0.25, -0.2) is 0 Å². The second-order valence-corrected chi connectivity index (χ2v) is 6.84. The van der Waals surface area contributed by atoms with Gasteiger partial charge in [0.1, 0.15) is 5.75 Å². The maximum Gasteiger partial charge on any atom is 0.239 e. The summed E-state index contributed by atoms with van der Waals surface area (Å²) in [5.41, 5.74) is 2.27. The molecule has 0 aromatic heterocycles. The van der Waals surface area contributed by atoms with Gasteiger partial charge in [-0.1, -0.05) is 30.3 Å². The third kappa shape index (κ3) is 5.88. The Hall–Kier alpha value is -3.22. The smallest absolute Gasteiger partial charge is 0.239 e. The van der Waals surface area contributed by atoms with Crippen molar-refractivity contribution in [3.63, 3.8) is 0 Å². The number of guanidine groups is 1. The molecule has 0 saturated carbocycles. The lowest BCUT2D eigenvalue weighted by molar-refractivity contribution is -0.120. The number of anilines is 1. The number of ether oxygens (including phenoxy) is 1. The molecule has 0 radical (unpaired) electrons. The Bertz CT molecular complexity index is 800. The van der Waals surface area contributed by atoms with Crippen molar-refractivity contribution < 1.29 is 9.53 Å². The molecule has 0 bridgehead atoms. The van der Waals surface area contributed by atoms with Crippen molar-refractivity contribution in [2.45, 2.75) is 6.54 Å². The van der Waals surface area contributed by atoms with E-state index < -0.39 is 0 Å². The first kappa shape index (κ1) is 20.5. The first-order valence-electron chi connectivity index (χ1n) is 9.85. The fourth-order valence-corrected chi connectivity index (χ4v) is 3.31. The maximum atomic E-state index is 12.2. The predicted octanol–water partition coefficient (Wildman–Crippen LogP) is 1.71. The summed E-state index contributed by atoms with van der Waals surface area (Å²) in [6.07, 6.45) is 0. The topological polar surface area (TPSA) is 69.2 Å². The van der Waals surface area contributed by atoms with E-state index in [4.69, 9.17) is 4.74 Å². The van der Waals surface area contributed by atoms with E-state index in [1.807, 2.05) is 30.3 Å². The van der Waals surface area contributed by atoms with Crippen molar-refractivity contribution in [1.82, 2.24) is 15.5 Å². The van der Waals surface area contributed by atoms with Gasteiger partial charge in [0.05, 0.1) is 13.7 Å². The molecule has 29 heavy (non-hydrogen) atoms. The summed E-state index contributed by atoms with van der Waals surface area (Å²) < 4.78 is 5.14. The Morgan fingerprint density at radius 1 is 1.00 bits per heavy atom. The summed E-state index contributed by atoms with van der Waals surface area (Å²) >= 11 is 0. The predicted molar refractivity (Wildman–Crippen MR) is 116 cm³/mol. The third-order valence-electron chi connectivity index (χ3n) is 4.97. The highest BCUT2D eigenvalue weighted by molar-refractivity contribution is 5.86. The molecule has 1 amide bonds. The molecule has 2 aromatic carbocycles. The molecule has 0 aliphatic carbocycles. The van der Waals surface area contributed by atoms with Gasteiger partial charge in [0.2, 0.25) is 5.91 Å². The fraction of sp³-hybridized carbons (Fsp3) is 0.364. The second-order valence-electron chi connectivity index (χ2n) is 6.84. The largest absolute Gasteiger partial charge is 0.497 e. The van der Waals surface area contributed by atoms with Crippen LogP contribution in [0, 0.1) is 0 Å². The van der Waals surface area contributed by atoms with Crippen molar-refractivity contribution >= 4 is 17.6 Å². The van der Waals surface area contributed by atoms with Crippen molar-refractivity contribution in [2.75, 3.05) is 51.8 Å². The lowest BCUT2D eigenvalue weighted by Crippen LogP contribution is -2.53. The van der Waals surface area contributed by atoms with Crippen LogP contribution in [0.5, 0.6) is 5.75 Å². The number of amides is 1. The van der Waals surface area contributed by atoms with E-state index in [0.29, 0.717) is 6.54 Å². The van der Waals surface area contributed by atoms with Crippen LogP contribution in [-0.2, 0) is 11.3 Å². The van der Waals surface area contributed by atoms with Crippen molar-refractivity contribution in [2.24, 2.45) is 4.99 Å². The van der Waals surface area contributed by atoms with Gasteiger partial charge in [-0.15, -0.1) is 0 Å². The van der Waals surface area contributed by atoms with Gasteiger partial charge in [-0.3, -0.25) is 9.79 Å². The molecule has 1 aliphatic heterocycles. The summed E-state index contributed by atoms with van der Waals surface area (Å²) in [7, 11) is 3.39. The Morgan fingerprint density at radius 3 is 2.31 bits per heavy atom. The van der Waals surface area contributed by atoms with E-state index >= 15 is 0 Å². The highest BCUT2D eigenvalue weighted by Crippen LogP contribution is 2.15. The molecule has 7 nitrogen and oxygen atoms in total. The second kappa shape index (κ2) is 10.4. The van der Waals surface area contributed by atoms with Crippen LogP contribution in [-0.4, -0.2) is 63.6 Å². The molecule has 1 saturated heterocycles. The standard InChI is InChI=1S/C22H29N5O2/c1-23-22(27-14-12-26(13-15-27)19-6-4-3-5-7-19)25-17-21(28)24-16-18-8-10-20(29-2)11-9-18/h3-11H,12-17H2,1-2H3,(H,23,25)(H,24,28). The number of carbonyl (C=O) groups excluding carboxylic acids is 1. The van der Waals surface area contributed by atoms with E-state index in [2.05, 4.69) is 49.7 Å². The molecule has 2 aromatic rings. The summed E-state index contributed by atoms with van der Waals surface area (Å²) in [6, 6.07) is 18.1. The van der Waals surface area contributed by atoms with Gasteiger partial charge in [0.25, 0.3) is 0 Å². The molecule has 1 heterocycles. The molecule has 154 valence electrons. The molecular formula is C22H29N5O2. The zero-order valence-corrected chi connectivity index (χ0v) is 17.1. The minimum atomic E-state index is -0.0649. The molecule has 2 N–H and O–H groups in total. The lowest BCUT2D eigenvalue weighted by atomic mass is 10.2. The fourth-order valence-electron chi connectivity index (χ4n) is 3.31. The van der Waals surface area contributed by atoms with Crippen molar-refractivity contribution in [1.29, 1.82) is 0 Å². The Morgan fingerprint density at radius 2 is 1.69 bits per heavy atom. The lowest BCUT2D eigenvalue weighted by Gasteiger charge is -2.37. The molecule has 0 atom stereocenters. The minimum absolute atomic E-state index is 0.0649. The Labute approximate surface area is 172 Å². The SMILES string of the molecule is CN=C(NCC(=O)NCc1ccc(OC)cc1)N1CCN(c2ccccc2)CC1. The maximum absolute atomic E-state index is 12.2. The van der Waals surface area contributed by atoms with Crippen LogP contribution >= 0.6 is 0 Å². The van der Waals surface area contributed by atoms with Gasteiger partial charge >= 0.3 is 0 Å². The molecular weight excluding hydrogens is 366 g/mol. The number of hydrogen-bond acceptors (Lipinski definition) is 4. The minimum Gasteiger partial charge on any atom is -0.497 e. The average molecular weight is 396 g/mol. The number of rotatable bonds is 6. The average Bonchev–Trinajstić information content (AvgIpc) is 2.79. The van der Waals surface area contributed by atoms with Gasteiger partial charge in [-0.2, -0.15) is 0 Å². The van der Waals surface area contributed by atoms with E-state index in [1.165, 1.54) is 5.69 Å². The zero-order valence-electron chi connectivity index (χ0n) is 17.1. The van der Waals surface area contributed by atoms with Gasteiger partial charge in [-0.05, 0) is 29.8 Å². The number of benzene rings is 2. The highest BCUT2D eigenvalue weighted by atomic mass is 16.5. The quantitative estimate of drug-likeness (QED) is 0.576.